The smallest absolute Gasteiger partial charge is 0.157 e. The molecule has 1 rings (SSSR count). The molecule has 1 aliphatic heterocycles. The van der Waals surface area contributed by atoms with Crippen LogP contribution in [0.1, 0.15) is 90.4 Å². The van der Waals surface area contributed by atoms with Gasteiger partial charge in [-0.3, -0.25) is 0 Å². The summed E-state index contributed by atoms with van der Waals surface area (Å²) >= 11 is 0. The van der Waals surface area contributed by atoms with Crippen molar-refractivity contribution in [3.8, 4) is 0 Å². The van der Waals surface area contributed by atoms with Crippen molar-refractivity contribution in [1.82, 2.24) is 0 Å². The molecule has 1 saturated heterocycles. The minimum Gasteiger partial charge on any atom is -0.353 e. The molecule has 0 bridgehead atoms. The van der Waals surface area contributed by atoms with Gasteiger partial charge in [0.2, 0.25) is 0 Å². The third kappa shape index (κ3) is 13.5. The van der Waals surface area contributed by atoms with Crippen LogP contribution in [0.4, 0.5) is 0 Å². The molecule has 0 aromatic heterocycles. The molecule has 1 heterocycles. The van der Waals surface area contributed by atoms with Crippen LogP contribution >= 0.6 is 0 Å². The molecule has 0 aliphatic carbocycles. The van der Waals surface area contributed by atoms with Crippen molar-refractivity contribution in [3.63, 3.8) is 0 Å². The van der Waals surface area contributed by atoms with Crippen LogP contribution in [-0.4, -0.2) is 19.5 Å². The molecule has 0 spiro atoms. The molecule has 0 aromatic rings. The number of hydrogen-bond donors (Lipinski definition) is 0. The zero-order valence-corrected chi connectivity index (χ0v) is 15.3. The Kier molecular flexibility index (Phi) is 14.5. The molecule has 2 nitrogen and oxygen atoms in total. The van der Waals surface area contributed by atoms with E-state index in [0.717, 1.165) is 19.6 Å². The van der Waals surface area contributed by atoms with Crippen LogP contribution in [0.2, 0.25) is 0 Å². The van der Waals surface area contributed by atoms with Gasteiger partial charge < -0.3 is 9.47 Å². The van der Waals surface area contributed by atoms with Gasteiger partial charge in [0.1, 0.15) is 0 Å². The molecule has 0 radical (unpaired) electrons. The summed E-state index contributed by atoms with van der Waals surface area (Å²) in [5.41, 5.74) is 0. The first kappa shape index (κ1) is 20.4. The average Bonchev–Trinajstić information content (AvgIpc) is 2.59. The van der Waals surface area contributed by atoms with E-state index >= 15 is 0 Å². The first-order valence-electron chi connectivity index (χ1n) is 9.98. The van der Waals surface area contributed by atoms with Gasteiger partial charge in [0.05, 0.1) is 0 Å². The fraction of sp³-hybridized carbons (Fsp3) is 0.810. The van der Waals surface area contributed by atoms with Gasteiger partial charge in [-0.25, -0.2) is 0 Å². The Morgan fingerprint density at radius 3 is 2.26 bits per heavy atom. The van der Waals surface area contributed by atoms with E-state index in [1.807, 2.05) is 0 Å². The molecule has 0 saturated carbocycles. The molecule has 1 aliphatic rings. The summed E-state index contributed by atoms with van der Waals surface area (Å²) in [6.45, 7) is 3.99. The maximum atomic E-state index is 5.75. The van der Waals surface area contributed by atoms with Crippen LogP contribution in [0.5, 0.6) is 0 Å². The molecular weight excluding hydrogens is 284 g/mol. The first-order valence-corrected chi connectivity index (χ1v) is 9.98. The number of rotatable bonds is 14. The van der Waals surface area contributed by atoms with Gasteiger partial charge in [0.25, 0.3) is 0 Å². The van der Waals surface area contributed by atoms with Crippen molar-refractivity contribution >= 4 is 0 Å². The highest BCUT2D eigenvalue weighted by atomic mass is 16.7. The zero-order valence-electron chi connectivity index (χ0n) is 15.3. The molecule has 0 aromatic carbocycles. The second kappa shape index (κ2) is 16.3. The molecule has 0 amide bonds. The molecule has 1 unspecified atom stereocenters. The van der Waals surface area contributed by atoms with Gasteiger partial charge in [0.15, 0.2) is 6.29 Å². The lowest BCUT2D eigenvalue weighted by Gasteiger charge is -2.22. The summed E-state index contributed by atoms with van der Waals surface area (Å²) in [5.74, 6) is 0. The third-order valence-electron chi connectivity index (χ3n) is 4.31. The minimum atomic E-state index is 0.0894. The lowest BCUT2D eigenvalue weighted by atomic mass is 10.1. The maximum Gasteiger partial charge on any atom is 0.157 e. The largest absolute Gasteiger partial charge is 0.353 e. The summed E-state index contributed by atoms with van der Waals surface area (Å²) in [6.07, 6.45) is 25.5. The van der Waals surface area contributed by atoms with Crippen molar-refractivity contribution in [2.75, 3.05) is 13.2 Å². The lowest BCUT2D eigenvalue weighted by molar-refractivity contribution is -0.162. The molecule has 134 valence electrons. The minimum absolute atomic E-state index is 0.0894. The number of ether oxygens (including phenoxy) is 2. The van der Waals surface area contributed by atoms with E-state index in [1.54, 1.807) is 0 Å². The van der Waals surface area contributed by atoms with Crippen LogP contribution in [-0.2, 0) is 9.47 Å². The van der Waals surface area contributed by atoms with E-state index in [-0.39, 0.29) is 6.29 Å². The Hall–Kier alpha value is -0.600. The van der Waals surface area contributed by atoms with Crippen molar-refractivity contribution in [3.05, 3.63) is 24.3 Å². The molecule has 0 N–H and O–H groups in total. The van der Waals surface area contributed by atoms with Crippen molar-refractivity contribution in [2.24, 2.45) is 0 Å². The van der Waals surface area contributed by atoms with E-state index in [2.05, 4.69) is 31.2 Å². The van der Waals surface area contributed by atoms with Crippen LogP contribution in [0, 0.1) is 0 Å². The Morgan fingerprint density at radius 1 is 0.870 bits per heavy atom. The molecular formula is C21H38O2. The predicted molar refractivity (Wildman–Crippen MR) is 99.7 cm³/mol. The molecule has 2 heteroatoms. The van der Waals surface area contributed by atoms with Crippen molar-refractivity contribution < 1.29 is 9.47 Å². The van der Waals surface area contributed by atoms with Gasteiger partial charge in [-0.2, -0.15) is 0 Å². The fourth-order valence-electron chi connectivity index (χ4n) is 2.80. The van der Waals surface area contributed by atoms with E-state index in [9.17, 15) is 0 Å². The summed E-state index contributed by atoms with van der Waals surface area (Å²) < 4.78 is 11.3. The summed E-state index contributed by atoms with van der Waals surface area (Å²) in [5, 5.41) is 0. The van der Waals surface area contributed by atoms with Crippen LogP contribution in [0.15, 0.2) is 24.3 Å². The van der Waals surface area contributed by atoms with Crippen molar-refractivity contribution in [1.29, 1.82) is 0 Å². The van der Waals surface area contributed by atoms with Gasteiger partial charge in [-0.1, -0.05) is 69.8 Å². The van der Waals surface area contributed by atoms with Gasteiger partial charge in [0, 0.05) is 13.2 Å². The highest BCUT2D eigenvalue weighted by molar-refractivity contribution is 5.02. The van der Waals surface area contributed by atoms with Crippen LogP contribution in [0.3, 0.4) is 0 Å². The zero-order chi connectivity index (χ0) is 16.4. The van der Waals surface area contributed by atoms with Crippen LogP contribution < -0.4 is 0 Å². The summed E-state index contributed by atoms with van der Waals surface area (Å²) in [7, 11) is 0. The Labute approximate surface area is 144 Å². The molecule has 1 atom stereocenters. The number of allylic oxidation sites excluding steroid dienone is 4. The molecule has 23 heavy (non-hydrogen) atoms. The first-order chi connectivity index (χ1) is 11.4. The maximum absolute atomic E-state index is 5.75. The lowest BCUT2D eigenvalue weighted by Crippen LogP contribution is -2.22. The number of hydrogen-bond acceptors (Lipinski definition) is 2. The SMILES string of the molecule is CCCC/C=C/C=C/CCCCCCCCOC1CCCCO1. The predicted octanol–water partition coefficient (Wildman–Crippen LogP) is 6.56. The second-order valence-electron chi connectivity index (χ2n) is 6.58. The topological polar surface area (TPSA) is 18.5 Å². The molecule has 1 fully saturated rings. The summed E-state index contributed by atoms with van der Waals surface area (Å²) in [6, 6.07) is 0. The van der Waals surface area contributed by atoms with E-state index in [4.69, 9.17) is 9.47 Å². The Bertz CT molecular complexity index is 290. The van der Waals surface area contributed by atoms with E-state index in [0.29, 0.717) is 0 Å². The average molecular weight is 323 g/mol. The van der Waals surface area contributed by atoms with E-state index < -0.39 is 0 Å². The Morgan fingerprint density at radius 2 is 1.57 bits per heavy atom. The fourth-order valence-corrected chi connectivity index (χ4v) is 2.80. The van der Waals surface area contributed by atoms with E-state index in [1.165, 1.54) is 77.0 Å². The van der Waals surface area contributed by atoms with Gasteiger partial charge in [-0.15, -0.1) is 0 Å². The van der Waals surface area contributed by atoms with Gasteiger partial charge in [-0.05, 0) is 44.9 Å². The number of unbranched alkanes of at least 4 members (excludes halogenated alkanes) is 8. The van der Waals surface area contributed by atoms with Crippen LogP contribution in [0.25, 0.3) is 0 Å². The quantitative estimate of drug-likeness (QED) is 0.266. The highest BCUT2D eigenvalue weighted by Crippen LogP contribution is 2.14. The summed E-state index contributed by atoms with van der Waals surface area (Å²) in [4.78, 5) is 0. The van der Waals surface area contributed by atoms with Crippen molar-refractivity contribution in [2.45, 2.75) is 96.7 Å². The second-order valence-corrected chi connectivity index (χ2v) is 6.58. The highest BCUT2D eigenvalue weighted by Gasteiger charge is 2.13. The monoisotopic (exact) mass is 322 g/mol. The Balaban J connectivity index is 1.75. The van der Waals surface area contributed by atoms with Gasteiger partial charge >= 0.3 is 0 Å². The standard InChI is InChI=1S/C21H38O2/c1-2-3-4-5-6-7-8-9-10-11-12-13-14-16-19-22-21-18-15-17-20-23-21/h5-8,21H,2-4,9-20H2,1H3/b6-5+,8-7+. The third-order valence-corrected chi connectivity index (χ3v) is 4.31. The normalized spacial score (nSPS) is 19.1.